The largest absolute Gasteiger partial charge is 0.496 e. The van der Waals surface area contributed by atoms with E-state index in [4.69, 9.17) is 14.0 Å². The minimum Gasteiger partial charge on any atom is -0.496 e. The highest BCUT2D eigenvalue weighted by molar-refractivity contribution is 6.62. The molecule has 0 radical (unpaired) electrons. The second kappa shape index (κ2) is 6.80. The number of alkyl halides is 2. The number of rotatable bonds is 5. The van der Waals surface area contributed by atoms with Crippen LogP contribution in [0.2, 0.25) is 0 Å². The Bertz CT molecular complexity index is 646. The van der Waals surface area contributed by atoms with Crippen molar-refractivity contribution in [2.24, 2.45) is 0 Å². The molecule has 9 heteroatoms. The van der Waals surface area contributed by atoms with E-state index in [9.17, 15) is 13.6 Å². The first-order valence-electron chi connectivity index (χ1n) is 7.63. The predicted octanol–water partition coefficient (Wildman–Crippen LogP) is 2.38. The average Bonchev–Trinajstić information content (AvgIpc) is 2.73. The van der Waals surface area contributed by atoms with Gasteiger partial charge >= 0.3 is 19.7 Å². The van der Waals surface area contributed by atoms with Gasteiger partial charge in [-0.3, -0.25) is 0 Å². The van der Waals surface area contributed by atoms with Crippen LogP contribution < -0.4 is 14.9 Å². The summed E-state index contributed by atoms with van der Waals surface area (Å²) in [5, 5.41) is 0. The van der Waals surface area contributed by atoms with E-state index in [1.54, 1.807) is 0 Å². The molecular formula is C16H21BF2O6. The smallest absolute Gasteiger partial charge is 0.495 e. The van der Waals surface area contributed by atoms with Crippen molar-refractivity contribution in [3.63, 3.8) is 0 Å². The lowest BCUT2D eigenvalue weighted by Gasteiger charge is -2.32. The summed E-state index contributed by atoms with van der Waals surface area (Å²) >= 11 is 0. The zero-order valence-corrected chi connectivity index (χ0v) is 15.0. The van der Waals surface area contributed by atoms with Crippen LogP contribution in [0.1, 0.15) is 38.1 Å². The molecule has 0 saturated carbocycles. The fourth-order valence-corrected chi connectivity index (χ4v) is 2.38. The van der Waals surface area contributed by atoms with Crippen LogP contribution in [0.5, 0.6) is 11.5 Å². The molecule has 1 aliphatic heterocycles. The molecule has 6 nitrogen and oxygen atoms in total. The average molecular weight is 358 g/mol. The summed E-state index contributed by atoms with van der Waals surface area (Å²) < 4.78 is 51.6. The molecule has 0 spiro atoms. The maximum absolute atomic E-state index is 12.8. The topological polar surface area (TPSA) is 63.2 Å². The van der Waals surface area contributed by atoms with Gasteiger partial charge in [-0.2, -0.15) is 8.78 Å². The number of hydrogen-bond acceptors (Lipinski definition) is 6. The Kier molecular flexibility index (Phi) is 5.29. The first-order valence-corrected chi connectivity index (χ1v) is 7.63. The number of halogens is 2. The van der Waals surface area contributed by atoms with Crippen molar-refractivity contribution in [1.82, 2.24) is 0 Å². The first kappa shape index (κ1) is 19.5. The molecular weight excluding hydrogens is 337 g/mol. The number of benzene rings is 1. The van der Waals surface area contributed by atoms with Gasteiger partial charge in [0.2, 0.25) is 0 Å². The second-order valence-corrected chi connectivity index (χ2v) is 6.55. The molecule has 0 bridgehead atoms. The lowest BCUT2D eigenvalue weighted by molar-refractivity contribution is -0.0504. The molecule has 0 N–H and O–H groups in total. The van der Waals surface area contributed by atoms with Crippen LogP contribution in [-0.2, 0) is 14.0 Å². The fourth-order valence-electron chi connectivity index (χ4n) is 2.38. The summed E-state index contributed by atoms with van der Waals surface area (Å²) in [5.41, 5.74) is -1.07. The van der Waals surface area contributed by atoms with E-state index < -0.39 is 30.9 Å². The molecule has 0 atom stereocenters. The first-order chi connectivity index (χ1) is 11.5. The van der Waals surface area contributed by atoms with E-state index in [-0.39, 0.29) is 17.1 Å². The SMILES string of the molecule is COC(=O)c1c(OC)cc(B2OC(C)(C)C(C)(C)O2)cc1OC(F)F. The molecule has 0 aliphatic carbocycles. The quantitative estimate of drug-likeness (QED) is 0.595. The van der Waals surface area contributed by atoms with Crippen LogP contribution in [-0.4, -0.2) is 45.1 Å². The molecule has 2 rings (SSSR count). The fraction of sp³-hybridized carbons (Fsp3) is 0.562. The van der Waals surface area contributed by atoms with E-state index in [1.165, 1.54) is 19.2 Å². The highest BCUT2D eigenvalue weighted by atomic mass is 19.3. The number of methoxy groups -OCH3 is 2. The molecule has 1 aromatic rings. The zero-order chi connectivity index (χ0) is 19.0. The number of esters is 1. The zero-order valence-electron chi connectivity index (χ0n) is 15.0. The van der Waals surface area contributed by atoms with E-state index in [1.807, 2.05) is 27.7 Å². The molecule has 138 valence electrons. The molecule has 0 amide bonds. The number of ether oxygens (including phenoxy) is 3. The van der Waals surface area contributed by atoms with E-state index in [0.717, 1.165) is 7.11 Å². The molecule has 1 heterocycles. The summed E-state index contributed by atoms with van der Waals surface area (Å²) in [6.07, 6.45) is 0. The van der Waals surface area contributed by atoms with Gasteiger partial charge in [-0.15, -0.1) is 0 Å². The molecule has 0 aromatic heterocycles. The van der Waals surface area contributed by atoms with Crippen molar-refractivity contribution in [2.45, 2.75) is 45.5 Å². The standard InChI is InChI=1S/C16H21BF2O6/c1-15(2)16(3,4)25-17(24-15)9-7-10(21-5)12(13(20)22-6)11(8-9)23-14(18)19/h7-8,14H,1-6H3. The summed E-state index contributed by atoms with van der Waals surface area (Å²) in [5.74, 6) is -1.20. The van der Waals surface area contributed by atoms with Crippen molar-refractivity contribution in [3.05, 3.63) is 17.7 Å². The van der Waals surface area contributed by atoms with Gasteiger partial charge in [0, 0.05) is 0 Å². The summed E-state index contributed by atoms with van der Waals surface area (Å²) in [7, 11) is 1.61. The summed E-state index contributed by atoms with van der Waals surface area (Å²) in [6, 6.07) is 2.75. The van der Waals surface area contributed by atoms with Crippen molar-refractivity contribution in [3.8, 4) is 11.5 Å². The highest BCUT2D eigenvalue weighted by Gasteiger charge is 2.52. The minimum atomic E-state index is -3.12. The molecule has 0 unspecified atom stereocenters. The second-order valence-electron chi connectivity index (χ2n) is 6.55. The Hall–Kier alpha value is -1.87. The normalized spacial score (nSPS) is 18.4. The monoisotopic (exact) mass is 358 g/mol. The number of hydrogen-bond donors (Lipinski definition) is 0. The molecule has 1 aromatic carbocycles. The van der Waals surface area contributed by atoms with Crippen LogP contribution in [0.3, 0.4) is 0 Å². The maximum Gasteiger partial charge on any atom is 0.495 e. The summed E-state index contributed by atoms with van der Waals surface area (Å²) in [4.78, 5) is 11.9. The number of carbonyl (C=O) groups is 1. The Labute approximate surface area is 145 Å². The number of carbonyl (C=O) groups excluding carboxylic acids is 1. The molecule has 1 fully saturated rings. The Balaban J connectivity index is 2.52. The third kappa shape index (κ3) is 3.72. The third-order valence-corrected chi connectivity index (χ3v) is 4.44. The van der Waals surface area contributed by atoms with E-state index >= 15 is 0 Å². The third-order valence-electron chi connectivity index (χ3n) is 4.44. The van der Waals surface area contributed by atoms with Crippen molar-refractivity contribution < 1.29 is 37.1 Å². The van der Waals surface area contributed by atoms with Gasteiger partial charge in [-0.05, 0) is 45.3 Å². The predicted molar refractivity (Wildman–Crippen MR) is 86.7 cm³/mol. The van der Waals surface area contributed by atoms with Gasteiger partial charge in [-0.25, -0.2) is 4.79 Å². The van der Waals surface area contributed by atoms with Crippen molar-refractivity contribution in [1.29, 1.82) is 0 Å². The van der Waals surface area contributed by atoms with Gasteiger partial charge in [-0.1, -0.05) is 0 Å². The lowest BCUT2D eigenvalue weighted by atomic mass is 9.78. The Morgan fingerprint density at radius 2 is 1.60 bits per heavy atom. The van der Waals surface area contributed by atoms with Crippen LogP contribution >= 0.6 is 0 Å². The highest BCUT2D eigenvalue weighted by Crippen LogP contribution is 2.38. The van der Waals surface area contributed by atoms with Gasteiger partial charge in [0.15, 0.2) is 0 Å². The van der Waals surface area contributed by atoms with Gasteiger partial charge < -0.3 is 23.5 Å². The van der Waals surface area contributed by atoms with Crippen molar-refractivity contribution >= 4 is 18.6 Å². The maximum atomic E-state index is 12.8. The van der Waals surface area contributed by atoms with E-state index in [2.05, 4.69) is 9.47 Å². The van der Waals surface area contributed by atoms with Crippen molar-refractivity contribution in [2.75, 3.05) is 14.2 Å². The van der Waals surface area contributed by atoms with Gasteiger partial charge in [0.1, 0.15) is 17.1 Å². The minimum absolute atomic E-state index is 0.0229. The van der Waals surface area contributed by atoms with Gasteiger partial charge in [0.25, 0.3) is 0 Å². The van der Waals surface area contributed by atoms with Crippen LogP contribution in [0.15, 0.2) is 12.1 Å². The molecule has 1 saturated heterocycles. The summed E-state index contributed by atoms with van der Waals surface area (Å²) in [6.45, 7) is 4.34. The molecule has 1 aliphatic rings. The lowest BCUT2D eigenvalue weighted by Crippen LogP contribution is -2.41. The van der Waals surface area contributed by atoms with Crippen LogP contribution in [0.4, 0.5) is 8.78 Å². The Morgan fingerprint density at radius 1 is 1.08 bits per heavy atom. The van der Waals surface area contributed by atoms with Gasteiger partial charge in [0.05, 0.1) is 25.4 Å². The van der Waals surface area contributed by atoms with Crippen LogP contribution in [0, 0.1) is 0 Å². The Morgan fingerprint density at radius 3 is 2.04 bits per heavy atom. The van der Waals surface area contributed by atoms with Crippen LogP contribution in [0.25, 0.3) is 0 Å². The van der Waals surface area contributed by atoms with E-state index in [0.29, 0.717) is 5.46 Å². The molecule has 25 heavy (non-hydrogen) atoms.